The summed E-state index contributed by atoms with van der Waals surface area (Å²) in [5.74, 6) is -1.15. The highest BCUT2D eigenvalue weighted by Gasteiger charge is 2.12. The monoisotopic (exact) mass is 417 g/mol. The van der Waals surface area contributed by atoms with Crippen molar-refractivity contribution in [3.8, 4) is 0 Å². The third kappa shape index (κ3) is 6.11. The molecule has 2 aromatic carbocycles. The molecule has 0 radical (unpaired) electrons. The molecular weight excluding hydrogens is 398 g/mol. The molecule has 0 saturated carbocycles. The van der Waals surface area contributed by atoms with E-state index in [2.05, 4.69) is 21.2 Å². The molecule has 0 saturated heterocycles. The molecule has 0 heterocycles. The molecule has 0 aliphatic heterocycles. The van der Waals surface area contributed by atoms with Crippen molar-refractivity contribution in [2.75, 3.05) is 11.9 Å². The average Bonchev–Trinajstić information content (AvgIpc) is 2.61. The third-order valence-electron chi connectivity index (χ3n) is 3.69. The lowest BCUT2D eigenvalue weighted by molar-refractivity contribution is -0.147. The molecule has 1 N–H and O–H groups in total. The van der Waals surface area contributed by atoms with Crippen LogP contribution >= 0.6 is 15.9 Å². The molecule has 0 unspecified atom stereocenters. The van der Waals surface area contributed by atoms with E-state index in [9.17, 15) is 14.4 Å². The summed E-state index contributed by atoms with van der Waals surface area (Å²) >= 11 is 3.36. The van der Waals surface area contributed by atoms with Gasteiger partial charge in [-0.15, -0.1) is 0 Å². The van der Waals surface area contributed by atoms with Crippen LogP contribution < -0.4 is 5.32 Å². The molecule has 0 aliphatic rings. The number of rotatable bonds is 7. The molecule has 5 nitrogen and oxygen atoms in total. The van der Waals surface area contributed by atoms with Gasteiger partial charge in [-0.1, -0.05) is 35.9 Å². The predicted molar refractivity (Wildman–Crippen MR) is 103 cm³/mol. The van der Waals surface area contributed by atoms with Gasteiger partial charge < -0.3 is 10.1 Å². The summed E-state index contributed by atoms with van der Waals surface area (Å²) in [6, 6.07) is 12.7. The van der Waals surface area contributed by atoms with Gasteiger partial charge in [0.05, 0.1) is 12.1 Å². The molecule has 0 atom stereocenters. The maximum Gasteiger partial charge on any atom is 0.306 e. The van der Waals surface area contributed by atoms with Crippen LogP contribution in [0.4, 0.5) is 5.69 Å². The Kier molecular flexibility index (Phi) is 7.09. The van der Waals surface area contributed by atoms with Crippen LogP contribution in [0, 0.1) is 13.8 Å². The molecular formula is C20H20BrNO4. The van der Waals surface area contributed by atoms with E-state index >= 15 is 0 Å². The molecule has 0 bridgehead atoms. The van der Waals surface area contributed by atoms with Gasteiger partial charge in [0, 0.05) is 16.5 Å². The summed E-state index contributed by atoms with van der Waals surface area (Å²) in [4.78, 5) is 35.6. The molecule has 6 heteroatoms. The van der Waals surface area contributed by atoms with E-state index in [1.54, 1.807) is 18.2 Å². The van der Waals surface area contributed by atoms with Gasteiger partial charge >= 0.3 is 5.97 Å². The third-order valence-corrected chi connectivity index (χ3v) is 4.35. The second-order valence-corrected chi connectivity index (χ2v) is 6.84. The second-order valence-electron chi connectivity index (χ2n) is 5.98. The zero-order chi connectivity index (χ0) is 19.1. The molecule has 0 aliphatic carbocycles. The van der Waals surface area contributed by atoms with E-state index in [-0.39, 0.29) is 18.6 Å². The van der Waals surface area contributed by atoms with Crippen LogP contribution in [0.3, 0.4) is 0 Å². The van der Waals surface area contributed by atoms with Crippen LogP contribution in [0.5, 0.6) is 0 Å². The highest BCUT2D eigenvalue weighted by Crippen LogP contribution is 2.23. The van der Waals surface area contributed by atoms with Crippen LogP contribution in [0.25, 0.3) is 0 Å². The number of anilines is 1. The number of hydrogen-bond acceptors (Lipinski definition) is 4. The summed E-state index contributed by atoms with van der Waals surface area (Å²) < 4.78 is 5.68. The highest BCUT2D eigenvalue weighted by atomic mass is 79.9. The number of hydrogen-bond donors (Lipinski definition) is 1. The number of esters is 1. The van der Waals surface area contributed by atoms with E-state index in [1.165, 1.54) is 0 Å². The quantitative estimate of drug-likeness (QED) is 0.540. The first kappa shape index (κ1) is 19.8. The fourth-order valence-electron chi connectivity index (χ4n) is 2.23. The van der Waals surface area contributed by atoms with Gasteiger partial charge in [-0.3, -0.25) is 14.4 Å². The van der Waals surface area contributed by atoms with E-state index in [0.717, 1.165) is 15.6 Å². The normalized spacial score (nSPS) is 10.3. The van der Waals surface area contributed by atoms with Crippen molar-refractivity contribution in [3.63, 3.8) is 0 Å². The number of benzene rings is 2. The Morgan fingerprint density at radius 2 is 1.62 bits per heavy atom. The first-order chi connectivity index (χ1) is 12.3. The van der Waals surface area contributed by atoms with Gasteiger partial charge in [0.25, 0.3) is 5.91 Å². The van der Waals surface area contributed by atoms with Crippen molar-refractivity contribution in [2.45, 2.75) is 26.7 Å². The van der Waals surface area contributed by atoms with E-state index in [4.69, 9.17) is 4.74 Å². The van der Waals surface area contributed by atoms with Gasteiger partial charge in [-0.2, -0.15) is 0 Å². The zero-order valence-corrected chi connectivity index (χ0v) is 16.3. The Labute approximate surface area is 160 Å². The van der Waals surface area contributed by atoms with Crippen molar-refractivity contribution < 1.29 is 19.1 Å². The van der Waals surface area contributed by atoms with E-state index in [1.807, 2.05) is 38.1 Å². The molecule has 136 valence electrons. The predicted octanol–water partition coefficient (Wildman–Crippen LogP) is 4.21. The molecule has 0 fully saturated rings. The Morgan fingerprint density at radius 3 is 2.27 bits per heavy atom. The van der Waals surface area contributed by atoms with Gasteiger partial charge in [0.2, 0.25) is 0 Å². The first-order valence-corrected chi connectivity index (χ1v) is 8.96. The van der Waals surface area contributed by atoms with Crippen molar-refractivity contribution in [1.82, 2.24) is 0 Å². The summed E-state index contributed by atoms with van der Waals surface area (Å²) in [6.45, 7) is 3.49. The minimum Gasteiger partial charge on any atom is -0.456 e. The highest BCUT2D eigenvalue weighted by molar-refractivity contribution is 9.10. The van der Waals surface area contributed by atoms with Crippen molar-refractivity contribution in [3.05, 3.63) is 63.6 Å². The van der Waals surface area contributed by atoms with Crippen LogP contribution in [-0.2, 0) is 14.3 Å². The Bertz CT molecular complexity index is 815. The maximum atomic E-state index is 12.0. The van der Waals surface area contributed by atoms with Crippen molar-refractivity contribution >= 4 is 39.3 Å². The lowest BCUT2D eigenvalue weighted by Gasteiger charge is -2.09. The Morgan fingerprint density at radius 1 is 0.962 bits per heavy atom. The number of halogens is 1. The summed E-state index contributed by atoms with van der Waals surface area (Å²) in [7, 11) is 0. The Hall–Kier alpha value is -2.47. The largest absolute Gasteiger partial charge is 0.456 e. The number of amides is 1. The number of Topliss-reactive ketones (excluding diaryl/α,β-unsaturated/α-hetero) is 1. The molecule has 2 aromatic rings. The van der Waals surface area contributed by atoms with Crippen LogP contribution in [0.15, 0.2) is 46.9 Å². The number of ether oxygens (including phenoxy) is 1. The van der Waals surface area contributed by atoms with Crippen LogP contribution in [0.2, 0.25) is 0 Å². The number of aryl methyl sites for hydroxylation is 2. The minimum absolute atomic E-state index is 0.0486. The van der Waals surface area contributed by atoms with E-state index < -0.39 is 18.5 Å². The van der Waals surface area contributed by atoms with Gasteiger partial charge in [0.15, 0.2) is 12.4 Å². The molecule has 2 rings (SSSR count). The maximum absolute atomic E-state index is 12.0. The van der Waals surface area contributed by atoms with Crippen LogP contribution in [-0.4, -0.2) is 24.3 Å². The van der Waals surface area contributed by atoms with Gasteiger partial charge in [-0.05, 0) is 47.5 Å². The summed E-state index contributed by atoms with van der Waals surface area (Å²) in [5, 5.41) is 2.66. The van der Waals surface area contributed by atoms with Gasteiger partial charge in [-0.25, -0.2) is 0 Å². The topological polar surface area (TPSA) is 72.5 Å². The first-order valence-electron chi connectivity index (χ1n) is 8.16. The van der Waals surface area contributed by atoms with Crippen LogP contribution in [0.1, 0.15) is 34.3 Å². The smallest absolute Gasteiger partial charge is 0.306 e. The number of ketones is 1. The summed E-state index contributed by atoms with van der Waals surface area (Å²) in [5.41, 5.74) is 3.28. The molecule has 0 aromatic heterocycles. The summed E-state index contributed by atoms with van der Waals surface area (Å²) in [6.07, 6.45) is -0.0127. The fourth-order valence-corrected chi connectivity index (χ4v) is 2.82. The van der Waals surface area contributed by atoms with Gasteiger partial charge in [0.1, 0.15) is 0 Å². The van der Waals surface area contributed by atoms with E-state index in [0.29, 0.717) is 11.3 Å². The van der Waals surface area contributed by atoms with Crippen molar-refractivity contribution in [1.29, 1.82) is 0 Å². The standard InChI is InChI=1S/C20H20BrNO4/c1-13-3-6-15(7-4-13)18(23)9-10-20(25)26-12-19(24)22-17-8-5-14(2)11-16(17)21/h3-8,11H,9-10,12H2,1-2H3,(H,22,24). The lowest BCUT2D eigenvalue weighted by atomic mass is 10.1. The second kappa shape index (κ2) is 9.29. The fraction of sp³-hybridized carbons (Fsp3) is 0.250. The average molecular weight is 418 g/mol. The SMILES string of the molecule is Cc1ccc(C(=O)CCC(=O)OCC(=O)Nc2ccc(C)cc2Br)cc1. The number of nitrogens with one attached hydrogen (secondary N) is 1. The molecule has 1 amide bonds. The Balaban J connectivity index is 1.74. The number of carbonyl (C=O) groups excluding carboxylic acids is 3. The zero-order valence-electron chi connectivity index (χ0n) is 14.7. The van der Waals surface area contributed by atoms with Crippen molar-refractivity contribution in [2.24, 2.45) is 0 Å². The minimum atomic E-state index is -0.580. The molecule has 26 heavy (non-hydrogen) atoms. The molecule has 0 spiro atoms. The number of carbonyl (C=O) groups is 3. The lowest BCUT2D eigenvalue weighted by Crippen LogP contribution is -2.21.